The maximum Gasteiger partial charge on any atom is 0.261 e. The van der Waals surface area contributed by atoms with E-state index >= 15 is 0 Å². The summed E-state index contributed by atoms with van der Waals surface area (Å²) in [6.45, 7) is -0.0196. The maximum absolute atomic E-state index is 13.9. The summed E-state index contributed by atoms with van der Waals surface area (Å²) in [5.74, 6) is -1.75. The molecule has 0 saturated heterocycles. The van der Waals surface area contributed by atoms with Crippen molar-refractivity contribution in [3.05, 3.63) is 69.5 Å². The maximum atomic E-state index is 13.9. The van der Waals surface area contributed by atoms with Gasteiger partial charge >= 0.3 is 0 Å². The number of halogens is 2. The van der Waals surface area contributed by atoms with Crippen molar-refractivity contribution in [3.63, 3.8) is 0 Å². The highest BCUT2D eigenvalue weighted by Crippen LogP contribution is 2.24. The SMILES string of the molecule is CN(Cc1c(F)cccc1Cl)C(=O)c1ccc2c(c1)C(=O)N(C)C2=O. The molecule has 0 radical (unpaired) electrons. The van der Waals surface area contributed by atoms with Gasteiger partial charge in [-0.15, -0.1) is 0 Å². The lowest BCUT2D eigenvalue weighted by Gasteiger charge is -2.18. The van der Waals surface area contributed by atoms with Crippen LogP contribution in [0.15, 0.2) is 36.4 Å². The van der Waals surface area contributed by atoms with Gasteiger partial charge in [-0.05, 0) is 30.3 Å². The number of imide groups is 1. The van der Waals surface area contributed by atoms with Crippen LogP contribution in [0.5, 0.6) is 0 Å². The van der Waals surface area contributed by atoms with Gasteiger partial charge in [0.25, 0.3) is 17.7 Å². The van der Waals surface area contributed by atoms with E-state index in [4.69, 9.17) is 11.6 Å². The molecule has 0 fully saturated rings. The number of benzene rings is 2. The summed E-state index contributed by atoms with van der Waals surface area (Å²) in [4.78, 5) is 38.8. The number of carbonyl (C=O) groups is 3. The van der Waals surface area contributed by atoms with E-state index < -0.39 is 23.5 Å². The fourth-order valence-corrected chi connectivity index (χ4v) is 2.93. The number of fused-ring (bicyclic) bond motifs is 1. The first-order valence-corrected chi connectivity index (χ1v) is 7.84. The standard InChI is InChI=1S/C18H14ClFN2O3/c1-21(9-13-14(19)4-3-5-15(13)20)16(23)10-6-7-11-12(8-10)18(25)22(2)17(11)24/h3-8H,9H2,1-2H3. The summed E-state index contributed by atoms with van der Waals surface area (Å²) in [7, 11) is 2.90. The minimum atomic E-state index is -0.497. The zero-order valence-electron chi connectivity index (χ0n) is 13.5. The summed E-state index contributed by atoms with van der Waals surface area (Å²) in [6.07, 6.45) is 0. The average Bonchev–Trinajstić information content (AvgIpc) is 2.81. The topological polar surface area (TPSA) is 57.7 Å². The van der Waals surface area contributed by atoms with Crippen LogP contribution in [0.3, 0.4) is 0 Å². The number of rotatable bonds is 3. The van der Waals surface area contributed by atoms with Gasteiger partial charge in [0.05, 0.1) is 11.1 Å². The molecule has 5 nitrogen and oxygen atoms in total. The van der Waals surface area contributed by atoms with Gasteiger partial charge in [-0.2, -0.15) is 0 Å². The highest BCUT2D eigenvalue weighted by Gasteiger charge is 2.33. The Hall–Kier alpha value is -2.73. The Balaban J connectivity index is 1.87. The lowest BCUT2D eigenvalue weighted by Crippen LogP contribution is -2.27. The Bertz CT molecular complexity index is 893. The van der Waals surface area contributed by atoms with E-state index in [-0.39, 0.29) is 33.8 Å². The third kappa shape index (κ3) is 2.89. The van der Waals surface area contributed by atoms with Crippen molar-refractivity contribution < 1.29 is 18.8 Å². The van der Waals surface area contributed by atoms with Gasteiger partial charge in [-0.3, -0.25) is 19.3 Å². The van der Waals surface area contributed by atoms with Crippen molar-refractivity contribution in [3.8, 4) is 0 Å². The van der Waals surface area contributed by atoms with Crippen molar-refractivity contribution >= 4 is 29.3 Å². The van der Waals surface area contributed by atoms with Gasteiger partial charge < -0.3 is 4.90 Å². The zero-order valence-corrected chi connectivity index (χ0v) is 14.3. The van der Waals surface area contributed by atoms with Crippen molar-refractivity contribution in [2.45, 2.75) is 6.54 Å². The van der Waals surface area contributed by atoms with Gasteiger partial charge in [-0.1, -0.05) is 17.7 Å². The van der Waals surface area contributed by atoms with Crippen molar-refractivity contribution in [1.82, 2.24) is 9.80 Å². The summed E-state index contributed by atoms with van der Waals surface area (Å²) in [6, 6.07) is 8.63. The molecule has 128 valence electrons. The van der Waals surface area contributed by atoms with E-state index in [1.54, 1.807) is 6.07 Å². The minimum Gasteiger partial charge on any atom is -0.337 e. The van der Waals surface area contributed by atoms with Gasteiger partial charge in [0.15, 0.2) is 0 Å². The number of amides is 3. The first-order chi connectivity index (χ1) is 11.8. The number of hydrogen-bond acceptors (Lipinski definition) is 3. The molecule has 0 N–H and O–H groups in total. The Morgan fingerprint density at radius 1 is 1.16 bits per heavy atom. The van der Waals surface area contributed by atoms with Crippen LogP contribution >= 0.6 is 11.6 Å². The first-order valence-electron chi connectivity index (χ1n) is 7.46. The Morgan fingerprint density at radius 2 is 1.84 bits per heavy atom. The first kappa shape index (κ1) is 17.1. The third-order valence-electron chi connectivity index (χ3n) is 4.14. The fourth-order valence-electron chi connectivity index (χ4n) is 2.71. The van der Waals surface area contributed by atoms with E-state index in [9.17, 15) is 18.8 Å². The van der Waals surface area contributed by atoms with E-state index in [0.717, 1.165) is 4.90 Å². The second-order valence-corrected chi connectivity index (χ2v) is 6.20. The average molecular weight is 361 g/mol. The molecule has 0 aromatic heterocycles. The van der Waals surface area contributed by atoms with Crippen LogP contribution in [0, 0.1) is 5.82 Å². The molecule has 0 aliphatic carbocycles. The second-order valence-electron chi connectivity index (χ2n) is 5.79. The molecule has 2 aromatic rings. The molecule has 1 heterocycles. The van der Waals surface area contributed by atoms with Crippen LogP contribution in [0.25, 0.3) is 0 Å². The number of hydrogen-bond donors (Lipinski definition) is 0. The van der Waals surface area contributed by atoms with Crippen LogP contribution in [-0.4, -0.2) is 41.6 Å². The lowest BCUT2D eigenvalue weighted by atomic mass is 10.0. The van der Waals surface area contributed by atoms with Crippen LogP contribution in [-0.2, 0) is 6.54 Å². The Morgan fingerprint density at radius 3 is 2.52 bits per heavy atom. The van der Waals surface area contributed by atoms with Crippen LogP contribution in [0.4, 0.5) is 4.39 Å². The zero-order chi connectivity index (χ0) is 18.3. The summed E-state index contributed by atoms with van der Waals surface area (Å²) < 4.78 is 13.9. The molecule has 3 amide bonds. The molecule has 3 rings (SSSR count). The highest BCUT2D eigenvalue weighted by atomic mass is 35.5. The Kier molecular flexibility index (Phi) is 4.30. The van der Waals surface area contributed by atoms with Gasteiger partial charge in [-0.25, -0.2) is 4.39 Å². The monoisotopic (exact) mass is 360 g/mol. The third-order valence-corrected chi connectivity index (χ3v) is 4.49. The molecular weight excluding hydrogens is 347 g/mol. The molecule has 1 aliphatic heterocycles. The number of carbonyl (C=O) groups excluding carboxylic acids is 3. The summed E-state index contributed by atoms with van der Waals surface area (Å²) >= 11 is 5.99. The normalized spacial score (nSPS) is 13.2. The van der Waals surface area contributed by atoms with E-state index in [1.807, 2.05) is 0 Å². The molecule has 25 heavy (non-hydrogen) atoms. The smallest absolute Gasteiger partial charge is 0.261 e. The summed E-state index contributed by atoms with van der Waals surface area (Å²) in [5.41, 5.74) is 0.914. The van der Waals surface area contributed by atoms with E-state index in [0.29, 0.717) is 0 Å². The molecular formula is C18H14ClFN2O3. The lowest BCUT2D eigenvalue weighted by molar-refractivity contribution is 0.0692. The van der Waals surface area contributed by atoms with Crippen molar-refractivity contribution in [2.24, 2.45) is 0 Å². The molecule has 0 spiro atoms. The molecule has 0 atom stereocenters. The van der Waals surface area contributed by atoms with Crippen LogP contribution < -0.4 is 0 Å². The highest BCUT2D eigenvalue weighted by molar-refractivity contribution is 6.31. The predicted octanol–water partition coefficient (Wildman–Crippen LogP) is 2.98. The summed E-state index contributed by atoms with van der Waals surface area (Å²) in [5, 5.41) is 0.232. The molecule has 0 unspecified atom stereocenters. The number of nitrogens with zero attached hydrogens (tertiary/aromatic N) is 2. The predicted molar refractivity (Wildman–Crippen MR) is 90.1 cm³/mol. The van der Waals surface area contributed by atoms with Crippen molar-refractivity contribution in [1.29, 1.82) is 0 Å². The van der Waals surface area contributed by atoms with Gasteiger partial charge in [0.1, 0.15) is 5.82 Å². The Labute approximate surface area is 148 Å². The molecule has 0 saturated carbocycles. The molecule has 0 bridgehead atoms. The van der Waals surface area contributed by atoms with Gasteiger partial charge in [0.2, 0.25) is 0 Å². The molecule has 7 heteroatoms. The van der Waals surface area contributed by atoms with E-state index in [1.165, 1.54) is 49.3 Å². The van der Waals surface area contributed by atoms with E-state index in [2.05, 4.69) is 0 Å². The molecule has 1 aliphatic rings. The molecule has 2 aromatic carbocycles. The van der Waals surface area contributed by atoms with Crippen LogP contribution in [0.2, 0.25) is 5.02 Å². The van der Waals surface area contributed by atoms with Crippen molar-refractivity contribution in [2.75, 3.05) is 14.1 Å². The van der Waals surface area contributed by atoms with Crippen LogP contribution in [0.1, 0.15) is 36.6 Å². The fraction of sp³-hybridized carbons (Fsp3) is 0.167. The van der Waals surface area contributed by atoms with Gasteiger partial charge in [0, 0.05) is 36.8 Å². The minimum absolute atomic E-state index is 0.0196. The quantitative estimate of drug-likeness (QED) is 0.791. The second kappa shape index (κ2) is 6.29. The largest absolute Gasteiger partial charge is 0.337 e.